The first-order valence-corrected chi connectivity index (χ1v) is 6.77. The van der Waals surface area contributed by atoms with Crippen LogP contribution < -0.4 is 0 Å². The molecular weight excluding hydrogens is 302 g/mol. The number of esters is 1. The van der Waals surface area contributed by atoms with Gasteiger partial charge in [0.2, 0.25) is 5.89 Å². The molecule has 8 nitrogen and oxygen atoms in total. The Morgan fingerprint density at radius 3 is 2.91 bits per heavy atom. The number of pyridine rings is 1. The Bertz CT molecular complexity index is 903. The van der Waals surface area contributed by atoms with E-state index in [0.29, 0.717) is 16.7 Å². The third-order valence-electron chi connectivity index (χ3n) is 3.07. The van der Waals surface area contributed by atoms with Crippen LogP contribution in [0.3, 0.4) is 0 Å². The highest BCUT2D eigenvalue weighted by Crippen LogP contribution is 2.27. The smallest absolute Gasteiger partial charge is 0.356 e. The normalized spacial score (nSPS) is 10.7. The third-order valence-corrected chi connectivity index (χ3v) is 3.07. The van der Waals surface area contributed by atoms with Gasteiger partial charge >= 0.3 is 5.97 Å². The number of nitro benzene ring substituents is 1. The number of nitrogens with zero attached hydrogens (tertiary/aromatic N) is 3. The Kier molecular flexibility index (Phi) is 3.71. The molecule has 116 valence electrons. The Morgan fingerprint density at radius 1 is 1.35 bits per heavy atom. The summed E-state index contributed by atoms with van der Waals surface area (Å²) in [5.41, 5.74) is 1.37. The minimum Gasteiger partial charge on any atom is -0.461 e. The van der Waals surface area contributed by atoms with Crippen LogP contribution in [0, 0.1) is 10.1 Å². The van der Waals surface area contributed by atoms with Crippen molar-refractivity contribution in [3.8, 4) is 11.5 Å². The van der Waals surface area contributed by atoms with Crippen LogP contribution in [-0.4, -0.2) is 27.5 Å². The second-order valence-electron chi connectivity index (χ2n) is 4.58. The van der Waals surface area contributed by atoms with Crippen molar-refractivity contribution in [3.05, 3.63) is 52.3 Å². The Morgan fingerprint density at radius 2 is 2.17 bits per heavy atom. The number of hydrogen-bond donors (Lipinski definition) is 0. The van der Waals surface area contributed by atoms with Crippen LogP contribution in [-0.2, 0) is 4.74 Å². The van der Waals surface area contributed by atoms with Gasteiger partial charge in [-0.25, -0.2) is 14.8 Å². The molecule has 0 aliphatic rings. The fourth-order valence-electron chi connectivity index (χ4n) is 2.03. The molecule has 0 radical (unpaired) electrons. The lowest BCUT2D eigenvalue weighted by atomic mass is 10.2. The number of carbonyl (C=O) groups excluding carboxylic acids is 1. The van der Waals surface area contributed by atoms with E-state index < -0.39 is 10.9 Å². The zero-order chi connectivity index (χ0) is 16.4. The molecule has 0 saturated heterocycles. The monoisotopic (exact) mass is 313 g/mol. The number of carbonyl (C=O) groups is 1. The molecule has 23 heavy (non-hydrogen) atoms. The Hall–Kier alpha value is -3.29. The van der Waals surface area contributed by atoms with Gasteiger partial charge in [-0.15, -0.1) is 0 Å². The minimum atomic E-state index is -0.541. The highest BCUT2D eigenvalue weighted by Gasteiger charge is 2.15. The van der Waals surface area contributed by atoms with Gasteiger partial charge in [0, 0.05) is 17.8 Å². The van der Waals surface area contributed by atoms with Crippen molar-refractivity contribution in [1.29, 1.82) is 0 Å². The molecule has 0 spiro atoms. The van der Waals surface area contributed by atoms with E-state index in [1.165, 1.54) is 30.5 Å². The van der Waals surface area contributed by atoms with Crippen molar-refractivity contribution in [3.63, 3.8) is 0 Å². The van der Waals surface area contributed by atoms with E-state index in [4.69, 9.17) is 9.15 Å². The van der Waals surface area contributed by atoms with Crippen molar-refractivity contribution < 1.29 is 18.9 Å². The lowest BCUT2D eigenvalue weighted by Crippen LogP contribution is -2.06. The van der Waals surface area contributed by atoms with Gasteiger partial charge in [-0.3, -0.25) is 10.1 Å². The van der Waals surface area contributed by atoms with Gasteiger partial charge in [0.05, 0.1) is 17.6 Å². The molecule has 0 bridgehead atoms. The zero-order valence-corrected chi connectivity index (χ0v) is 12.1. The van der Waals surface area contributed by atoms with Gasteiger partial charge in [0.1, 0.15) is 11.2 Å². The van der Waals surface area contributed by atoms with E-state index in [2.05, 4.69) is 9.97 Å². The van der Waals surface area contributed by atoms with E-state index in [-0.39, 0.29) is 23.9 Å². The van der Waals surface area contributed by atoms with Gasteiger partial charge in [-0.2, -0.15) is 0 Å². The maximum absolute atomic E-state index is 11.7. The van der Waals surface area contributed by atoms with Crippen LogP contribution in [0.5, 0.6) is 0 Å². The highest BCUT2D eigenvalue weighted by molar-refractivity contribution is 5.88. The van der Waals surface area contributed by atoms with Crippen LogP contribution in [0.1, 0.15) is 17.4 Å². The summed E-state index contributed by atoms with van der Waals surface area (Å²) in [5.74, 6) is -0.297. The van der Waals surface area contributed by atoms with Crippen LogP contribution >= 0.6 is 0 Å². The number of rotatable bonds is 4. The number of aromatic nitrogens is 2. The quantitative estimate of drug-likeness (QED) is 0.414. The van der Waals surface area contributed by atoms with Crippen LogP contribution in [0.25, 0.3) is 22.6 Å². The number of benzene rings is 1. The van der Waals surface area contributed by atoms with Crippen LogP contribution in [0.4, 0.5) is 5.69 Å². The van der Waals surface area contributed by atoms with Crippen molar-refractivity contribution in [2.24, 2.45) is 0 Å². The average molecular weight is 313 g/mol. The van der Waals surface area contributed by atoms with Gasteiger partial charge < -0.3 is 9.15 Å². The summed E-state index contributed by atoms with van der Waals surface area (Å²) in [6, 6.07) is 7.29. The van der Waals surface area contributed by atoms with E-state index in [1.807, 2.05) is 0 Å². The molecule has 3 rings (SSSR count). The standard InChI is InChI=1S/C15H11N3O5/c1-2-22-15(19)12-7-9(5-6-16-12)14-17-11-4-3-10(18(20)21)8-13(11)23-14/h3-8H,2H2,1H3. The number of hydrogen-bond acceptors (Lipinski definition) is 7. The fourth-order valence-corrected chi connectivity index (χ4v) is 2.03. The van der Waals surface area contributed by atoms with E-state index in [1.54, 1.807) is 13.0 Å². The summed E-state index contributed by atoms with van der Waals surface area (Å²) >= 11 is 0. The molecule has 0 N–H and O–H groups in total. The largest absolute Gasteiger partial charge is 0.461 e. The number of nitro groups is 1. The number of ether oxygens (including phenoxy) is 1. The molecule has 0 atom stereocenters. The summed E-state index contributed by atoms with van der Waals surface area (Å²) < 4.78 is 10.4. The molecule has 2 heterocycles. The molecule has 0 saturated carbocycles. The summed E-state index contributed by atoms with van der Waals surface area (Å²) in [6.07, 6.45) is 1.44. The summed E-state index contributed by atoms with van der Waals surface area (Å²) in [5, 5.41) is 10.8. The van der Waals surface area contributed by atoms with Crippen molar-refractivity contribution in [2.75, 3.05) is 6.61 Å². The summed E-state index contributed by atoms with van der Waals surface area (Å²) in [6.45, 7) is 1.95. The van der Waals surface area contributed by atoms with E-state index >= 15 is 0 Å². The molecule has 0 unspecified atom stereocenters. The molecule has 1 aromatic carbocycles. The third kappa shape index (κ3) is 2.86. The minimum absolute atomic E-state index is 0.0814. The summed E-state index contributed by atoms with van der Waals surface area (Å²) in [4.78, 5) is 30.2. The van der Waals surface area contributed by atoms with Crippen molar-refractivity contribution >= 4 is 22.8 Å². The molecule has 0 aliphatic heterocycles. The fraction of sp³-hybridized carbons (Fsp3) is 0.133. The van der Waals surface area contributed by atoms with Gasteiger partial charge in [-0.05, 0) is 25.1 Å². The van der Waals surface area contributed by atoms with E-state index in [0.717, 1.165) is 0 Å². The first-order chi connectivity index (χ1) is 11.1. The Balaban J connectivity index is 2.01. The second kappa shape index (κ2) is 5.84. The molecule has 3 aromatic rings. The van der Waals surface area contributed by atoms with Crippen molar-refractivity contribution in [2.45, 2.75) is 6.92 Å². The lowest BCUT2D eigenvalue weighted by Gasteiger charge is -2.01. The van der Waals surface area contributed by atoms with Gasteiger partial charge in [0.25, 0.3) is 5.69 Å². The molecule has 8 heteroatoms. The maximum atomic E-state index is 11.7. The second-order valence-corrected chi connectivity index (χ2v) is 4.58. The number of non-ortho nitro benzene ring substituents is 1. The predicted octanol–water partition coefficient (Wildman–Crippen LogP) is 2.97. The number of fused-ring (bicyclic) bond motifs is 1. The SMILES string of the molecule is CCOC(=O)c1cc(-c2nc3ccc([N+](=O)[O-])cc3o2)ccn1. The molecule has 0 amide bonds. The number of oxazole rings is 1. The van der Waals surface area contributed by atoms with Crippen LogP contribution in [0.2, 0.25) is 0 Å². The first-order valence-electron chi connectivity index (χ1n) is 6.77. The summed E-state index contributed by atoms with van der Waals surface area (Å²) in [7, 11) is 0. The highest BCUT2D eigenvalue weighted by atomic mass is 16.6. The predicted molar refractivity (Wildman–Crippen MR) is 79.9 cm³/mol. The zero-order valence-electron chi connectivity index (χ0n) is 12.1. The molecule has 2 aromatic heterocycles. The Labute approximate surface area is 129 Å². The molecular formula is C15H11N3O5. The first kappa shape index (κ1) is 14.6. The van der Waals surface area contributed by atoms with Crippen molar-refractivity contribution in [1.82, 2.24) is 9.97 Å². The molecule has 0 fully saturated rings. The average Bonchev–Trinajstić information content (AvgIpc) is 2.98. The van der Waals surface area contributed by atoms with Crippen LogP contribution in [0.15, 0.2) is 40.9 Å². The maximum Gasteiger partial charge on any atom is 0.356 e. The lowest BCUT2D eigenvalue weighted by molar-refractivity contribution is -0.384. The topological polar surface area (TPSA) is 108 Å². The van der Waals surface area contributed by atoms with Gasteiger partial charge in [-0.1, -0.05) is 0 Å². The van der Waals surface area contributed by atoms with E-state index in [9.17, 15) is 14.9 Å². The molecule has 0 aliphatic carbocycles. The van der Waals surface area contributed by atoms with Gasteiger partial charge in [0.15, 0.2) is 5.58 Å².